The Labute approximate surface area is 138 Å². The third kappa shape index (κ3) is 9.55. The monoisotopic (exact) mass is 321 g/mol. The molecule has 23 heavy (non-hydrogen) atoms. The predicted octanol–water partition coefficient (Wildman–Crippen LogP) is 3.18. The Bertz CT molecular complexity index is 437. The molecule has 0 fully saturated rings. The van der Waals surface area contributed by atoms with E-state index >= 15 is 0 Å². The number of nitrogens with zero attached hydrogens (tertiary/aromatic N) is 1. The molecule has 1 aromatic carbocycles. The standard InChI is InChI=1S/C18H27NO4/c1-16(20)22-14-8-6-12-19(18-10-4-3-5-11-18)13-7-9-15-23-17(2)21/h3-5,10-11H,6-9,12-15H2,1-2H3. The molecular formula is C18H27NO4. The van der Waals surface area contributed by atoms with E-state index in [1.54, 1.807) is 0 Å². The normalized spacial score (nSPS) is 10.2. The summed E-state index contributed by atoms with van der Waals surface area (Å²) in [6.07, 6.45) is 3.64. The van der Waals surface area contributed by atoms with Gasteiger partial charge in [-0.25, -0.2) is 0 Å². The molecular weight excluding hydrogens is 294 g/mol. The van der Waals surface area contributed by atoms with Crippen LogP contribution >= 0.6 is 0 Å². The van der Waals surface area contributed by atoms with Crippen molar-refractivity contribution in [3.8, 4) is 0 Å². The lowest BCUT2D eigenvalue weighted by Crippen LogP contribution is -2.26. The first-order valence-corrected chi connectivity index (χ1v) is 8.16. The highest BCUT2D eigenvalue weighted by Gasteiger charge is 2.06. The van der Waals surface area contributed by atoms with Crippen LogP contribution in [0.4, 0.5) is 5.69 Å². The minimum atomic E-state index is -0.226. The molecule has 0 saturated carbocycles. The summed E-state index contributed by atoms with van der Waals surface area (Å²) < 4.78 is 9.92. The second-order valence-electron chi connectivity index (χ2n) is 5.42. The minimum Gasteiger partial charge on any atom is -0.466 e. The number of carbonyl (C=O) groups excluding carboxylic acids is 2. The fraction of sp³-hybridized carbons (Fsp3) is 0.556. The van der Waals surface area contributed by atoms with Gasteiger partial charge < -0.3 is 14.4 Å². The number of unbranched alkanes of at least 4 members (excludes halogenated alkanes) is 2. The van der Waals surface area contributed by atoms with E-state index in [1.165, 1.54) is 19.5 Å². The summed E-state index contributed by atoms with van der Waals surface area (Å²) in [6.45, 7) is 5.64. The van der Waals surface area contributed by atoms with Crippen molar-refractivity contribution in [2.45, 2.75) is 39.5 Å². The van der Waals surface area contributed by atoms with E-state index in [0.29, 0.717) is 13.2 Å². The van der Waals surface area contributed by atoms with Crippen LogP contribution in [0.1, 0.15) is 39.5 Å². The van der Waals surface area contributed by atoms with Crippen LogP contribution in [-0.2, 0) is 19.1 Å². The zero-order chi connectivity index (χ0) is 16.9. The largest absolute Gasteiger partial charge is 0.466 e. The first-order valence-electron chi connectivity index (χ1n) is 8.16. The minimum absolute atomic E-state index is 0.226. The second-order valence-corrected chi connectivity index (χ2v) is 5.42. The van der Waals surface area contributed by atoms with Crippen molar-refractivity contribution < 1.29 is 19.1 Å². The van der Waals surface area contributed by atoms with Gasteiger partial charge in [0.15, 0.2) is 0 Å². The smallest absolute Gasteiger partial charge is 0.302 e. The van der Waals surface area contributed by atoms with Gasteiger partial charge in [-0.3, -0.25) is 9.59 Å². The lowest BCUT2D eigenvalue weighted by Gasteiger charge is -2.25. The molecule has 1 rings (SSSR count). The molecule has 0 aliphatic heterocycles. The summed E-state index contributed by atoms with van der Waals surface area (Å²) >= 11 is 0. The molecule has 0 saturated heterocycles. The Morgan fingerprint density at radius 3 is 1.74 bits per heavy atom. The van der Waals surface area contributed by atoms with Crippen LogP contribution in [0.3, 0.4) is 0 Å². The first-order chi connectivity index (χ1) is 11.1. The van der Waals surface area contributed by atoms with Crippen molar-refractivity contribution in [3.63, 3.8) is 0 Å². The quantitative estimate of drug-likeness (QED) is 0.463. The molecule has 0 bridgehead atoms. The van der Waals surface area contributed by atoms with Gasteiger partial charge in [0.05, 0.1) is 13.2 Å². The van der Waals surface area contributed by atoms with Gasteiger partial charge in [-0.1, -0.05) is 18.2 Å². The molecule has 0 aliphatic carbocycles. The molecule has 5 nitrogen and oxygen atoms in total. The Balaban J connectivity index is 2.34. The summed E-state index contributed by atoms with van der Waals surface area (Å²) in [5.41, 5.74) is 1.19. The fourth-order valence-corrected chi connectivity index (χ4v) is 2.25. The van der Waals surface area contributed by atoms with Crippen LogP contribution in [-0.4, -0.2) is 38.2 Å². The van der Waals surface area contributed by atoms with Crippen molar-refractivity contribution in [3.05, 3.63) is 30.3 Å². The summed E-state index contributed by atoms with van der Waals surface area (Å²) in [5.74, 6) is -0.453. The number of hydrogen-bond acceptors (Lipinski definition) is 5. The molecule has 0 heterocycles. The maximum Gasteiger partial charge on any atom is 0.302 e. The topological polar surface area (TPSA) is 55.8 Å². The van der Waals surface area contributed by atoms with Gasteiger partial charge in [0.1, 0.15) is 0 Å². The van der Waals surface area contributed by atoms with Crippen LogP contribution < -0.4 is 4.90 Å². The van der Waals surface area contributed by atoms with E-state index in [9.17, 15) is 9.59 Å². The highest BCUT2D eigenvalue weighted by Crippen LogP contribution is 2.15. The maximum absolute atomic E-state index is 10.7. The molecule has 0 aliphatic rings. The number of ether oxygens (including phenoxy) is 2. The molecule has 128 valence electrons. The van der Waals surface area contributed by atoms with Crippen LogP contribution in [0.2, 0.25) is 0 Å². The van der Waals surface area contributed by atoms with Gasteiger partial charge >= 0.3 is 11.9 Å². The first kappa shape index (κ1) is 19.0. The number of para-hydroxylation sites is 1. The average Bonchev–Trinajstić information content (AvgIpc) is 2.52. The zero-order valence-corrected chi connectivity index (χ0v) is 14.1. The van der Waals surface area contributed by atoms with Gasteiger partial charge in [-0.2, -0.15) is 0 Å². The lowest BCUT2D eigenvalue weighted by atomic mass is 10.2. The van der Waals surface area contributed by atoms with E-state index in [-0.39, 0.29) is 11.9 Å². The van der Waals surface area contributed by atoms with Crippen molar-refractivity contribution >= 4 is 17.6 Å². The highest BCUT2D eigenvalue weighted by atomic mass is 16.5. The number of rotatable bonds is 11. The van der Waals surface area contributed by atoms with Gasteiger partial charge in [-0.15, -0.1) is 0 Å². The Morgan fingerprint density at radius 1 is 0.826 bits per heavy atom. The number of esters is 2. The summed E-state index contributed by atoms with van der Waals surface area (Å²) in [6, 6.07) is 10.2. The summed E-state index contributed by atoms with van der Waals surface area (Å²) in [5, 5.41) is 0. The fourth-order valence-electron chi connectivity index (χ4n) is 2.25. The summed E-state index contributed by atoms with van der Waals surface area (Å²) in [4.78, 5) is 23.8. The predicted molar refractivity (Wildman–Crippen MR) is 90.4 cm³/mol. The molecule has 0 atom stereocenters. The SMILES string of the molecule is CC(=O)OCCCCN(CCCCOC(C)=O)c1ccccc1. The number of hydrogen-bond donors (Lipinski definition) is 0. The van der Waals surface area contributed by atoms with Crippen molar-refractivity contribution in [2.75, 3.05) is 31.2 Å². The Morgan fingerprint density at radius 2 is 1.30 bits per heavy atom. The Hall–Kier alpha value is -2.04. The number of anilines is 1. The highest BCUT2D eigenvalue weighted by molar-refractivity contribution is 5.66. The lowest BCUT2D eigenvalue weighted by molar-refractivity contribution is -0.142. The molecule has 0 amide bonds. The van der Waals surface area contributed by atoms with Crippen LogP contribution in [0, 0.1) is 0 Å². The van der Waals surface area contributed by atoms with Crippen LogP contribution in [0.15, 0.2) is 30.3 Å². The van der Waals surface area contributed by atoms with Crippen molar-refractivity contribution in [1.82, 2.24) is 0 Å². The van der Waals surface area contributed by atoms with Gasteiger partial charge in [0.2, 0.25) is 0 Å². The third-order valence-corrected chi connectivity index (χ3v) is 3.38. The van der Waals surface area contributed by atoms with Crippen LogP contribution in [0.5, 0.6) is 0 Å². The second kappa shape index (κ2) is 11.5. The zero-order valence-electron chi connectivity index (χ0n) is 14.1. The van der Waals surface area contributed by atoms with Gasteiger partial charge in [0.25, 0.3) is 0 Å². The summed E-state index contributed by atoms with van der Waals surface area (Å²) in [7, 11) is 0. The van der Waals surface area contributed by atoms with E-state index < -0.39 is 0 Å². The number of benzene rings is 1. The number of carbonyl (C=O) groups is 2. The molecule has 0 aromatic heterocycles. The molecule has 0 unspecified atom stereocenters. The van der Waals surface area contributed by atoms with Gasteiger partial charge in [0, 0.05) is 32.6 Å². The third-order valence-electron chi connectivity index (χ3n) is 3.38. The van der Waals surface area contributed by atoms with E-state index in [4.69, 9.17) is 9.47 Å². The molecule has 1 aromatic rings. The molecule has 0 radical (unpaired) electrons. The Kier molecular flexibility index (Phi) is 9.52. The maximum atomic E-state index is 10.7. The average molecular weight is 321 g/mol. The van der Waals surface area contributed by atoms with Crippen LogP contribution in [0.25, 0.3) is 0 Å². The van der Waals surface area contributed by atoms with Crippen molar-refractivity contribution in [2.24, 2.45) is 0 Å². The van der Waals surface area contributed by atoms with Crippen molar-refractivity contribution in [1.29, 1.82) is 0 Å². The molecule has 0 N–H and O–H groups in total. The van der Waals surface area contributed by atoms with Gasteiger partial charge in [-0.05, 0) is 37.8 Å². The molecule has 5 heteroatoms. The van der Waals surface area contributed by atoms with E-state index in [0.717, 1.165) is 38.8 Å². The van der Waals surface area contributed by atoms with E-state index in [1.807, 2.05) is 18.2 Å². The molecule has 0 spiro atoms. The van der Waals surface area contributed by atoms with E-state index in [2.05, 4.69) is 17.0 Å².